The number of methoxy groups -OCH3 is 2. The molecule has 0 fully saturated rings. The molecule has 0 saturated heterocycles. The summed E-state index contributed by atoms with van der Waals surface area (Å²) in [5.74, 6) is 0.244. The standard InChI is InChI=1S/C12H19N3O4/c1-7(2)8(5-11(16)17)13-12-14-9(18-3)6-10(15-12)19-4/h6-8H,5H2,1-4H3,(H,16,17)(H,13,14,15). The largest absolute Gasteiger partial charge is 0.481 e. The molecule has 1 heterocycles. The van der Waals surface area contributed by atoms with Gasteiger partial charge in [-0.1, -0.05) is 13.8 Å². The topological polar surface area (TPSA) is 93.6 Å². The lowest BCUT2D eigenvalue weighted by molar-refractivity contribution is -0.137. The Balaban J connectivity index is 2.91. The third-order valence-electron chi connectivity index (χ3n) is 2.61. The van der Waals surface area contributed by atoms with Crippen LogP contribution in [0.1, 0.15) is 20.3 Å². The van der Waals surface area contributed by atoms with Gasteiger partial charge in [0.15, 0.2) is 0 Å². The van der Waals surface area contributed by atoms with Gasteiger partial charge in [0.25, 0.3) is 0 Å². The summed E-state index contributed by atoms with van der Waals surface area (Å²) in [6, 6.07) is 1.28. The minimum absolute atomic E-state index is 0.0133. The quantitative estimate of drug-likeness (QED) is 0.772. The van der Waals surface area contributed by atoms with Crippen LogP contribution in [0, 0.1) is 5.92 Å². The second-order valence-electron chi connectivity index (χ2n) is 4.37. The van der Waals surface area contributed by atoms with Crippen molar-refractivity contribution in [3.05, 3.63) is 6.07 Å². The van der Waals surface area contributed by atoms with Crippen molar-refractivity contribution in [2.75, 3.05) is 19.5 Å². The van der Waals surface area contributed by atoms with Crippen LogP contribution in [-0.2, 0) is 4.79 Å². The second kappa shape index (κ2) is 6.77. The van der Waals surface area contributed by atoms with E-state index in [1.54, 1.807) is 6.07 Å². The summed E-state index contributed by atoms with van der Waals surface area (Å²) in [5, 5.41) is 11.9. The molecule has 1 aromatic rings. The molecule has 106 valence electrons. The highest BCUT2D eigenvalue weighted by atomic mass is 16.5. The lowest BCUT2D eigenvalue weighted by Crippen LogP contribution is -2.29. The molecule has 2 N–H and O–H groups in total. The summed E-state index contributed by atoms with van der Waals surface area (Å²) < 4.78 is 10.1. The zero-order chi connectivity index (χ0) is 14.4. The molecule has 0 bridgehead atoms. The van der Waals surface area contributed by atoms with E-state index in [0.717, 1.165) is 0 Å². The molecular weight excluding hydrogens is 250 g/mol. The van der Waals surface area contributed by atoms with Gasteiger partial charge in [0.05, 0.1) is 26.7 Å². The van der Waals surface area contributed by atoms with E-state index in [1.165, 1.54) is 14.2 Å². The smallest absolute Gasteiger partial charge is 0.305 e. The fourth-order valence-electron chi connectivity index (χ4n) is 1.48. The molecule has 0 aromatic carbocycles. The van der Waals surface area contributed by atoms with Gasteiger partial charge in [-0.3, -0.25) is 4.79 Å². The maximum absolute atomic E-state index is 10.8. The average Bonchev–Trinajstić information content (AvgIpc) is 2.36. The van der Waals surface area contributed by atoms with Crippen LogP contribution in [0.25, 0.3) is 0 Å². The number of carboxylic acids is 1. The van der Waals surface area contributed by atoms with Crippen LogP contribution in [0.4, 0.5) is 5.95 Å². The minimum Gasteiger partial charge on any atom is -0.481 e. The molecule has 0 radical (unpaired) electrons. The Morgan fingerprint density at radius 3 is 2.21 bits per heavy atom. The monoisotopic (exact) mass is 269 g/mol. The van der Waals surface area contributed by atoms with Crippen molar-refractivity contribution >= 4 is 11.9 Å². The fraction of sp³-hybridized carbons (Fsp3) is 0.583. The predicted molar refractivity (Wildman–Crippen MR) is 69.6 cm³/mol. The molecule has 7 heteroatoms. The van der Waals surface area contributed by atoms with Crippen molar-refractivity contribution in [3.8, 4) is 11.8 Å². The SMILES string of the molecule is COc1cc(OC)nc(NC(CC(=O)O)C(C)C)n1. The molecule has 0 spiro atoms. The van der Waals surface area contributed by atoms with Crippen LogP contribution in [0.15, 0.2) is 6.07 Å². The Bertz CT molecular complexity index is 415. The number of aromatic nitrogens is 2. The maximum Gasteiger partial charge on any atom is 0.305 e. The molecule has 0 aliphatic heterocycles. The predicted octanol–water partition coefficient (Wildman–Crippen LogP) is 1.40. The summed E-state index contributed by atoms with van der Waals surface area (Å²) >= 11 is 0. The number of hydrogen-bond donors (Lipinski definition) is 2. The zero-order valence-electron chi connectivity index (χ0n) is 11.5. The third-order valence-corrected chi connectivity index (χ3v) is 2.61. The lowest BCUT2D eigenvalue weighted by atomic mass is 10.0. The Morgan fingerprint density at radius 2 is 1.84 bits per heavy atom. The van der Waals surface area contributed by atoms with E-state index in [1.807, 2.05) is 13.8 Å². The van der Waals surface area contributed by atoms with E-state index in [-0.39, 0.29) is 24.3 Å². The van der Waals surface area contributed by atoms with Gasteiger partial charge in [0, 0.05) is 6.04 Å². The summed E-state index contributed by atoms with van der Waals surface area (Å²) in [7, 11) is 2.98. The van der Waals surface area contributed by atoms with E-state index in [4.69, 9.17) is 14.6 Å². The van der Waals surface area contributed by atoms with Gasteiger partial charge in [-0.05, 0) is 5.92 Å². The van der Waals surface area contributed by atoms with Gasteiger partial charge in [-0.2, -0.15) is 9.97 Å². The van der Waals surface area contributed by atoms with Crippen LogP contribution in [0.3, 0.4) is 0 Å². The van der Waals surface area contributed by atoms with Crippen LogP contribution < -0.4 is 14.8 Å². The molecule has 1 atom stereocenters. The molecule has 1 aromatic heterocycles. The first-order valence-electron chi connectivity index (χ1n) is 5.91. The lowest BCUT2D eigenvalue weighted by Gasteiger charge is -2.20. The van der Waals surface area contributed by atoms with Crippen LogP contribution in [-0.4, -0.2) is 41.3 Å². The van der Waals surface area contributed by atoms with E-state index >= 15 is 0 Å². The number of anilines is 1. The highest BCUT2D eigenvalue weighted by molar-refractivity contribution is 5.68. The Morgan fingerprint density at radius 1 is 1.32 bits per heavy atom. The zero-order valence-corrected chi connectivity index (χ0v) is 11.5. The Labute approximate surface area is 112 Å². The molecule has 0 aliphatic rings. The van der Waals surface area contributed by atoms with Gasteiger partial charge in [0.2, 0.25) is 17.7 Å². The highest BCUT2D eigenvalue weighted by Crippen LogP contribution is 2.19. The number of aliphatic carboxylic acids is 1. The average molecular weight is 269 g/mol. The summed E-state index contributed by atoms with van der Waals surface area (Å²) in [4.78, 5) is 19.0. The van der Waals surface area contributed by atoms with E-state index in [9.17, 15) is 4.79 Å². The number of rotatable bonds is 7. The van der Waals surface area contributed by atoms with Gasteiger partial charge < -0.3 is 19.9 Å². The van der Waals surface area contributed by atoms with Gasteiger partial charge in [-0.25, -0.2) is 0 Å². The Hall–Kier alpha value is -2.05. The molecule has 19 heavy (non-hydrogen) atoms. The number of carbonyl (C=O) groups is 1. The van der Waals surface area contributed by atoms with Crippen molar-refractivity contribution in [3.63, 3.8) is 0 Å². The fourth-order valence-corrected chi connectivity index (χ4v) is 1.48. The van der Waals surface area contributed by atoms with Gasteiger partial charge in [-0.15, -0.1) is 0 Å². The molecule has 0 aliphatic carbocycles. The van der Waals surface area contributed by atoms with Gasteiger partial charge >= 0.3 is 5.97 Å². The molecular formula is C12H19N3O4. The first kappa shape index (κ1) is 15.0. The Kier molecular flexibility index (Phi) is 5.35. The van der Waals surface area contributed by atoms with Crippen molar-refractivity contribution in [2.24, 2.45) is 5.92 Å². The van der Waals surface area contributed by atoms with Crippen LogP contribution in [0.5, 0.6) is 11.8 Å². The van der Waals surface area contributed by atoms with Gasteiger partial charge in [0.1, 0.15) is 0 Å². The first-order chi connectivity index (χ1) is 8.96. The van der Waals surface area contributed by atoms with Crippen LogP contribution >= 0.6 is 0 Å². The molecule has 0 amide bonds. The van der Waals surface area contributed by atoms with E-state index in [2.05, 4.69) is 15.3 Å². The number of carboxylic acid groups (broad SMARTS) is 1. The molecule has 1 unspecified atom stereocenters. The molecule has 7 nitrogen and oxygen atoms in total. The normalized spacial score (nSPS) is 12.1. The first-order valence-corrected chi connectivity index (χ1v) is 5.91. The third kappa shape index (κ3) is 4.61. The number of nitrogens with zero attached hydrogens (tertiary/aromatic N) is 2. The number of hydrogen-bond acceptors (Lipinski definition) is 6. The van der Waals surface area contributed by atoms with Crippen molar-refractivity contribution in [1.29, 1.82) is 0 Å². The second-order valence-corrected chi connectivity index (χ2v) is 4.37. The highest BCUT2D eigenvalue weighted by Gasteiger charge is 2.18. The summed E-state index contributed by atoms with van der Waals surface area (Å²) in [6.07, 6.45) is -0.0133. The van der Waals surface area contributed by atoms with Crippen LogP contribution in [0.2, 0.25) is 0 Å². The van der Waals surface area contributed by atoms with Crippen molar-refractivity contribution in [1.82, 2.24) is 9.97 Å². The maximum atomic E-state index is 10.8. The summed E-state index contributed by atoms with van der Waals surface area (Å²) in [5.41, 5.74) is 0. The number of nitrogens with one attached hydrogen (secondary N) is 1. The molecule has 1 rings (SSSR count). The van der Waals surface area contributed by atoms with Crippen molar-refractivity contribution in [2.45, 2.75) is 26.3 Å². The molecule has 0 saturated carbocycles. The minimum atomic E-state index is -0.874. The van der Waals surface area contributed by atoms with E-state index in [0.29, 0.717) is 11.8 Å². The number of ether oxygens (including phenoxy) is 2. The van der Waals surface area contributed by atoms with E-state index < -0.39 is 5.97 Å². The summed E-state index contributed by atoms with van der Waals surface area (Å²) in [6.45, 7) is 3.86. The van der Waals surface area contributed by atoms with Crippen molar-refractivity contribution < 1.29 is 19.4 Å².